The molecule has 0 atom stereocenters. The van der Waals surface area contributed by atoms with Crippen LogP contribution in [0.25, 0.3) is 187 Å². The number of fused-ring (bicyclic) bond motifs is 16. The quantitative estimate of drug-likeness (QED) is 0.142. The largest absolute Gasteiger partial charge is 0.309 e. The van der Waals surface area contributed by atoms with Gasteiger partial charge in [-0.2, -0.15) is 0 Å². The molecule has 0 radical (unpaired) electrons. The van der Waals surface area contributed by atoms with E-state index in [9.17, 15) is 0 Å². The van der Waals surface area contributed by atoms with Gasteiger partial charge >= 0.3 is 0 Å². The van der Waals surface area contributed by atoms with Gasteiger partial charge in [-0.15, -0.1) is 0 Å². The molecule has 0 aliphatic heterocycles. The molecule has 5 heterocycles. The number of para-hydroxylation sites is 7. The molecule has 6 heteroatoms. The predicted octanol–water partition coefficient (Wildman–Crippen LogP) is 23.0. The summed E-state index contributed by atoms with van der Waals surface area (Å²) < 4.78 is 9.65. The highest BCUT2D eigenvalue weighted by molar-refractivity contribution is 6.17. The fourth-order valence-corrected chi connectivity index (χ4v) is 15.6. The van der Waals surface area contributed by atoms with Gasteiger partial charge in [-0.05, 0) is 154 Å². The third-order valence-electron chi connectivity index (χ3n) is 19.8. The molecular weight excluding hydrogens is 1140 g/mol. The van der Waals surface area contributed by atoms with E-state index in [1.807, 2.05) is 0 Å². The molecule has 0 spiro atoms. The molecule has 0 N–H and O–H groups in total. The van der Waals surface area contributed by atoms with E-state index in [-0.39, 0.29) is 0 Å². The van der Waals surface area contributed by atoms with Crippen LogP contribution in [0.4, 0.5) is 0 Å². The number of hydrogen-bond acceptors (Lipinski definition) is 2. The lowest BCUT2D eigenvalue weighted by Gasteiger charge is -2.18. The highest BCUT2D eigenvalue weighted by Crippen LogP contribution is 2.45. The van der Waals surface area contributed by atoms with Gasteiger partial charge in [0.15, 0.2) is 5.82 Å². The molecule has 20 rings (SSSR count). The number of hydrogen-bond donors (Lipinski definition) is 0. The van der Waals surface area contributed by atoms with E-state index in [0.29, 0.717) is 5.82 Å². The molecule has 0 saturated heterocycles. The molecule has 0 aliphatic carbocycles. The molecule has 0 fully saturated rings. The molecule has 0 bridgehead atoms. The van der Waals surface area contributed by atoms with Crippen molar-refractivity contribution in [2.75, 3.05) is 0 Å². The van der Waals surface area contributed by atoms with Crippen molar-refractivity contribution in [1.29, 1.82) is 0 Å². The van der Waals surface area contributed by atoms with Crippen molar-refractivity contribution in [3.8, 4) is 67.6 Å². The van der Waals surface area contributed by atoms with E-state index < -0.39 is 0 Å². The number of nitrogens with zero attached hydrogens (tertiary/aromatic N) is 6. The summed E-state index contributed by atoms with van der Waals surface area (Å²) in [5.41, 5.74) is 22.2. The summed E-state index contributed by atoms with van der Waals surface area (Å²) in [5, 5.41) is 15.1. The molecule has 0 amide bonds. The lowest BCUT2D eigenvalue weighted by molar-refractivity contribution is 1.17. The van der Waals surface area contributed by atoms with Gasteiger partial charge in [-0.25, -0.2) is 9.97 Å². The Labute approximate surface area is 540 Å². The van der Waals surface area contributed by atoms with Crippen molar-refractivity contribution < 1.29 is 0 Å². The van der Waals surface area contributed by atoms with Gasteiger partial charge < -0.3 is 18.3 Å². The van der Waals surface area contributed by atoms with Crippen LogP contribution in [0.3, 0.4) is 0 Å². The lowest BCUT2D eigenvalue weighted by Crippen LogP contribution is -2.02. The average molecular weight is 1200 g/mol. The summed E-state index contributed by atoms with van der Waals surface area (Å²) in [4.78, 5) is 11.4. The van der Waals surface area contributed by atoms with E-state index in [0.717, 1.165) is 94.1 Å². The van der Waals surface area contributed by atoms with Crippen molar-refractivity contribution in [3.63, 3.8) is 0 Å². The second kappa shape index (κ2) is 20.4. The zero-order valence-corrected chi connectivity index (χ0v) is 50.9. The van der Waals surface area contributed by atoms with Gasteiger partial charge in [0.25, 0.3) is 0 Å². The Bertz CT molecular complexity index is 6540. The van der Waals surface area contributed by atoms with Crippen LogP contribution < -0.4 is 0 Å². The summed E-state index contributed by atoms with van der Waals surface area (Å²) in [6.07, 6.45) is 0. The number of aromatic nitrogens is 6. The molecule has 94 heavy (non-hydrogen) atoms. The van der Waals surface area contributed by atoms with Gasteiger partial charge in [-0.3, -0.25) is 0 Å². The summed E-state index contributed by atoms with van der Waals surface area (Å²) in [7, 11) is 0. The normalized spacial score (nSPS) is 12.0. The monoisotopic (exact) mass is 1190 g/mol. The third-order valence-corrected chi connectivity index (χ3v) is 19.8. The summed E-state index contributed by atoms with van der Waals surface area (Å²) >= 11 is 0. The Morgan fingerprint density at radius 1 is 0.202 bits per heavy atom. The predicted molar refractivity (Wildman–Crippen MR) is 394 cm³/mol. The maximum absolute atomic E-state index is 5.80. The van der Waals surface area contributed by atoms with Gasteiger partial charge in [-0.1, -0.05) is 206 Å². The van der Waals surface area contributed by atoms with Crippen LogP contribution >= 0.6 is 0 Å². The molecule has 0 aliphatic rings. The maximum Gasteiger partial charge on any atom is 0.161 e. The van der Waals surface area contributed by atoms with Crippen molar-refractivity contribution in [2.45, 2.75) is 0 Å². The van der Waals surface area contributed by atoms with Gasteiger partial charge in [0.2, 0.25) is 0 Å². The first-order chi connectivity index (χ1) is 46.6. The first kappa shape index (κ1) is 52.2. The van der Waals surface area contributed by atoms with Crippen LogP contribution in [0.1, 0.15) is 0 Å². The molecule has 0 unspecified atom stereocenters. The van der Waals surface area contributed by atoms with Crippen LogP contribution in [0, 0.1) is 0 Å². The smallest absolute Gasteiger partial charge is 0.161 e. The Morgan fingerprint density at radius 2 is 0.585 bits per heavy atom. The zero-order valence-electron chi connectivity index (χ0n) is 50.9. The maximum atomic E-state index is 5.80. The second-order valence-electron chi connectivity index (χ2n) is 24.8. The SMILES string of the molecule is c1ccc(-n2c3ccccc3c3cc(-c4ccc5c(c4)c4ccccc4n5-c4ccccc4-c4nc(-c5ccc(-n6c7ccccc7c7cc(-c8ccc9c(c8)c8ccccc8n9-c8ccccc8)ccc76)c6ccccc56)nc5c4ccc4ccccc45)ccc32)cc1. The van der Waals surface area contributed by atoms with E-state index in [4.69, 9.17) is 9.97 Å². The van der Waals surface area contributed by atoms with Crippen LogP contribution in [-0.2, 0) is 0 Å². The van der Waals surface area contributed by atoms with E-state index in [1.165, 1.54) is 87.4 Å². The number of rotatable bonds is 8. The molecule has 0 saturated carbocycles. The second-order valence-corrected chi connectivity index (χ2v) is 24.8. The first-order valence-corrected chi connectivity index (χ1v) is 32.2. The van der Waals surface area contributed by atoms with Crippen molar-refractivity contribution in [2.24, 2.45) is 0 Å². The Kier molecular flexibility index (Phi) is 11.3. The Balaban J connectivity index is 0.733. The van der Waals surface area contributed by atoms with Crippen molar-refractivity contribution in [1.82, 2.24) is 28.2 Å². The van der Waals surface area contributed by atoms with Crippen molar-refractivity contribution >= 4 is 120 Å². The zero-order chi connectivity index (χ0) is 61.5. The minimum absolute atomic E-state index is 0.669. The van der Waals surface area contributed by atoms with Crippen LogP contribution in [0.2, 0.25) is 0 Å². The Morgan fingerprint density at radius 3 is 1.10 bits per heavy atom. The molecule has 436 valence electrons. The van der Waals surface area contributed by atoms with Crippen molar-refractivity contribution in [3.05, 3.63) is 328 Å². The molecule has 6 nitrogen and oxygen atoms in total. The summed E-state index contributed by atoms with van der Waals surface area (Å²) in [6, 6.07) is 120. The van der Waals surface area contributed by atoms with Gasteiger partial charge in [0.1, 0.15) is 0 Å². The van der Waals surface area contributed by atoms with Crippen LogP contribution in [-0.4, -0.2) is 28.2 Å². The minimum atomic E-state index is 0.669. The fraction of sp³-hybridized carbons (Fsp3) is 0. The van der Waals surface area contributed by atoms with Crippen LogP contribution in [0.15, 0.2) is 328 Å². The molecular formula is C88H54N6. The fourth-order valence-electron chi connectivity index (χ4n) is 15.6. The lowest BCUT2D eigenvalue weighted by atomic mass is 9.98. The van der Waals surface area contributed by atoms with E-state index in [1.54, 1.807) is 0 Å². The minimum Gasteiger partial charge on any atom is -0.309 e. The first-order valence-electron chi connectivity index (χ1n) is 32.2. The average Bonchev–Trinajstić information content (AvgIpc) is 1.34. The Hall–Kier alpha value is -12.6. The van der Waals surface area contributed by atoms with E-state index in [2.05, 4.69) is 346 Å². The summed E-state index contributed by atoms with van der Waals surface area (Å²) in [6.45, 7) is 0. The third kappa shape index (κ3) is 7.77. The molecule has 20 aromatic rings. The standard InChI is InChI=1S/C88H54N6/c1-3-22-60(23-4-1)91-76-34-16-11-29-65(76)72-51-56(40-46-82(72)91)58-42-48-84-74(53-58)67-31-13-18-36-78(67)93(84)80-38-20-15-33-70(80)87-71-44-39-55-21-7-8-26-62(55)86(71)89-88(90-87)69-45-50-81(64-28-10-9-27-63(64)69)94-79-37-19-14-32-68(79)75-54-59(43-49-85(75)94)57-41-47-83-73(52-57)66-30-12-17-35-77(66)92(83)61-24-5-2-6-25-61/h1-54H. The topological polar surface area (TPSA) is 45.5 Å². The summed E-state index contributed by atoms with van der Waals surface area (Å²) in [5.74, 6) is 0.669. The van der Waals surface area contributed by atoms with Gasteiger partial charge in [0, 0.05) is 81.8 Å². The highest BCUT2D eigenvalue weighted by Gasteiger charge is 2.24. The van der Waals surface area contributed by atoms with Gasteiger partial charge in [0.05, 0.1) is 66.7 Å². The van der Waals surface area contributed by atoms with E-state index >= 15 is 0 Å². The number of benzene rings is 15. The van der Waals surface area contributed by atoms with Crippen LogP contribution in [0.5, 0.6) is 0 Å². The molecule has 15 aromatic carbocycles. The molecule has 5 aromatic heterocycles. The highest BCUT2D eigenvalue weighted by atomic mass is 15.0.